The van der Waals surface area contributed by atoms with Gasteiger partial charge in [0.1, 0.15) is 11.5 Å². The van der Waals surface area contributed by atoms with Gasteiger partial charge in [0.25, 0.3) is 0 Å². The molecular formula is C20H14Cl2O4S4. The number of aromatic hydroxyl groups is 1. The minimum Gasteiger partial charge on any atom is -0.507 e. The average Bonchev–Trinajstić information content (AvgIpc) is 2.65. The van der Waals surface area contributed by atoms with E-state index in [-0.39, 0.29) is 28.0 Å². The van der Waals surface area contributed by atoms with E-state index in [0.29, 0.717) is 42.0 Å². The second-order valence-corrected chi connectivity index (χ2v) is 8.90. The second-order valence-electron chi connectivity index (χ2n) is 6.23. The summed E-state index contributed by atoms with van der Waals surface area (Å²) >= 11 is 30.3. The van der Waals surface area contributed by atoms with Gasteiger partial charge in [-0.3, -0.25) is 4.79 Å². The van der Waals surface area contributed by atoms with Crippen molar-refractivity contribution in [2.75, 3.05) is 0 Å². The van der Waals surface area contributed by atoms with Crippen LogP contribution in [0.4, 0.5) is 0 Å². The van der Waals surface area contributed by atoms with E-state index in [9.17, 15) is 9.90 Å². The van der Waals surface area contributed by atoms with Crippen LogP contribution in [0, 0.1) is 0 Å². The van der Waals surface area contributed by atoms with Crippen molar-refractivity contribution >= 4 is 79.7 Å². The fourth-order valence-corrected chi connectivity index (χ4v) is 4.65. The summed E-state index contributed by atoms with van der Waals surface area (Å²) in [6.45, 7) is 0. The molecule has 0 bridgehead atoms. The maximum Gasteiger partial charge on any atom is 0.307 e. The third kappa shape index (κ3) is 4.95. The topological polar surface area (TPSA) is 66.8 Å². The van der Waals surface area contributed by atoms with Gasteiger partial charge in [-0.1, -0.05) is 23.2 Å². The van der Waals surface area contributed by atoms with Gasteiger partial charge in [0.15, 0.2) is 5.75 Å². The van der Waals surface area contributed by atoms with Crippen molar-refractivity contribution in [1.29, 1.82) is 0 Å². The van der Waals surface area contributed by atoms with Crippen molar-refractivity contribution in [2.45, 2.75) is 26.0 Å². The molecule has 10 heteroatoms. The molecule has 0 atom stereocenters. The number of benzene rings is 3. The third-order valence-corrected chi connectivity index (χ3v) is 6.65. The average molecular weight is 518 g/mol. The lowest BCUT2D eigenvalue weighted by molar-refractivity contribution is -0.136. The van der Waals surface area contributed by atoms with Gasteiger partial charge >= 0.3 is 5.97 Å². The van der Waals surface area contributed by atoms with Gasteiger partial charge in [-0.05, 0) is 42.0 Å². The van der Waals surface area contributed by atoms with Gasteiger partial charge < -0.3 is 14.9 Å². The van der Waals surface area contributed by atoms with Crippen molar-refractivity contribution in [3.05, 3.63) is 52.0 Å². The summed E-state index contributed by atoms with van der Waals surface area (Å²) in [6, 6.07) is 9.24. The number of rotatable bonds is 5. The van der Waals surface area contributed by atoms with Crippen molar-refractivity contribution in [1.82, 2.24) is 0 Å². The first-order valence-corrected chi connectivity index (χ1v) is 10.8. The minimum absolute atomic E-state index is 0.0198. The predicted molar refractivity (Wildman–Crippen MR) is 130 cm³/mol. The Labute approximate surface area is 204 Å². The van der Waals surface area contributed by atoms with Gasteiger partial charge in [-0.15, -0.1) is 50.5 Å². The maximum atomic E-state index is 10.9. The molecule has 3 aromatic rings. The molecule has 0 saturated carbocycles. The standard InChI is InChI=1S/C20H14Cl2O4S4/c21-11-3-8(5-16(24)25)4-12(22)18(11)26-9-1-2-13(23)10(6-9)17-19(29)14(27)7-15(28)20(17)30/h1-4,6-7,23,27-30H,5H2,(H,24,25). The van der Waals surface area contributed by atoms with E-state index in [4.69, 9.17) is 33.0 Å². The van der Waals surface area contributed by atoms with Gasteiger partial charge in [0.05, 0.1) is 16.5 Å². The quantitative estimate of drug-likeness (QED) is 0.208. The van der Waals surface area contributed by atoms with Crippen LogP contribution < -0.4 is 4.74 Å². The first-order chi connectivity index (χ1) is 14.1. The van der Waals surface area contributed by atoms with E-state index >= 15 is 0 Å². The van der Waals surface area contributed by atoms with E-state index < -0.39 is 5.97 Å². The predicted octanol–water partition coefficient (Wildman–Crippen LogP) is 6.94. The number of carboxylic acids is 1. The highest BCUT2D eigenvalue weighted by Gasteiger charge is 2.18. The lowest BCUT2D eigenvalue weighted by atomic mass is 10.0. The number of halogens is 2. The summed E-state index contributed by atoms with van der Waals surface area (Å²) in [6.07, 6.45) is -0.218. The number of phenolic OH excluding ortho intramolecular Hbond substituents is 1. The van der Waals surface area contributed by atoms with Crippen LogP contribution in [-0.4, -0.2) is 16.2 Å². The highest BCUT2D eigenvalue weighted by molar-refractivity contribution is 7.84. The third-order valence-electron chi connectivity index (χ3n) is 4.10. The summed E-state index contributed by atoms with van der Waals surface area (Å²) in [4.78, 5) is 13.1. The van der Waals surface area contributed by atoms with E-state index in [1.807, 2.05) is 0 Å². The van der Waals surface area contributed by atoms with Crippen LogP contribution in [0.2, 0.25) is 10.0 Å². The molecule has 0 saturated heterocycles. The summed E-state index contributed by atoms with van der Waals surface area (Å²) in [5.74, 6) is -0.518. The Morgan fingerprint density at radius 1 is 0.933 bits per heavy atom. The van der Waals surface area contributed by atoms with Crippen molar-refractivity contribution < 1.29 is 19.7 Å². The van der Waals surface area contributed by atoms with Crippen LogP contribution in [-0.2, 0) is 11.2 Å². The minimum atomic E-state index is -1.00. The lowest BCUT2D eigenvalue weighted by Gasteiger charge is -2.16. The van der Waals surface area contributed by atoms with Gasteiger partial charge in [-0.25, -0.2) is 0 Å². The van der Waals surface area contributed by atoms with Crippen LogP contribution in [0.15, 0.2) is 56.0 Å². The molecule has 0 aromatic heterocycles. The molecular weight excluding hydrogens is 503 g/mol. The van der Waals surface area contributed by atoms with E-state index in [2.05, 4.69) is 50.5 Å². The summed E-state index contributed by atoms with van der Waals surface area (Å²) in [7, 11) is 0. The molecule has 0 aliphatic carbocycles. The van der Waals surface area contributed by atoms with Crippen molar-refractivity contribution in [3.8, 4) is 28.4 Å². The fourth-order valence-electron chi connectivity index (χ4n) is 2.77. The summed E-state index contributed by atoms with van der Waals surface area (Å²) < 4.78 is 5.85. The molecule has 30 heavy (non-hydrogen) atoms. The smallest absolute Gasteiger partial charge is 0.307 e. The van der Waals surface area contributed by atoms with Crippen molar-refractivity contribution in [2.24, 2.45) is 0 Å². The molecule has 3 aromatic carbocycles. The zero-order valence-corrected chi connectivity index (χ0v) is 20.0. The maximum absolute atomic E-state index is 10.9. The molecule has 0 heterocycles. The van der Waals surface area contributed by atoms with Gasteiger partial charge in [-0.2, -0.15) is 0 Å². The monoisotopic (exact) mass is 516 g/mol. The van der Waals surface area contributed by atoms with Gasteiger partial charge in [0.2, 0.25) is 0 Å². The zero-order valence-electron chi connectivity index (χ0n) is 14.9. The number of aliphatic carboxylic acids is 1. The Bertz CT molecular complexity index is 1120. The Morgan fingerprint density at radius 3 is 2.03 bits per heavy atom. The first-order valence-electron chi connectivity index (χ1n) is 8.26. The number of ether oxygens (including phenoxy) is 1. The number of thiol groups is 4. The second kappa shape index (κ2) is 9.46. The van der Waals surface area contributed by atoms with Crippen molar-refractivity contribution in [3.63, 3.8) is 0 Å². The Hall–Kier alpha value is -1.29. The molecule has 0 amide bonds. The SMILES string of the molecule is O=C(O)Cc1cc(Cl)c(Oc2ccc(O)c(-c3c(S)c(S)cc(S)c3S)c2)c(Cl)c1. The Balaban J connectivity index is 2.05. The molecule has 0 unspecified atom stereocenters. The molecule has 0 aliphatic rings. The molecule has 0 spiro atoms. The number of hydrogen-bond acceptors (Lipinski definition) is 7. The molecule has 0 fully saturated rings. The molecule has 3 rings (SSSR count). The number of carbonyl (C=O) groups is 1. The Kier molecular flexibility index (Phi) is 7.37. The highest BCUT2D eigenvalue weighted by atomic mass is 35.5. The fraction of sp³-hybridized carbons (Fsp3) is 0.0500. The first kappa shape index (κ1) is 23.4. The van der Waals surface area contributed by atoms with Crippen LogP contribution in [0.3, 0.4) is 0 Å². The summed E-state index contributed by atoms with van der Waals surface area (Å²) in [5, 5.41) is 19.7. The molecule has 2 N–H and O–H groups in total. The zero-order chi connectivity index (χ0) is 22.2. The number of hydrogen-bond donors (Lipinski definition) is 6. The molecule has 0 aliphatic heterocycles. The molecule has 0 radical (unpaired) electrons. The Morgan fingerprint density at radius 2 is 1.50 bits per heavy atom. The summed E-state index contributed by atoms with van der Waals surface area (Å²) in [5.41, 5.74) is 1.39. The van der Waals surface area contributed by atoms with Crippen LogP contribution in [0.5, 0.6) is 17.2 Å². The van der Waals surface area contributed by atoms with Crippen LogP contribution >= 0.6 is 73.7 Å². The van der Waals surface area contributed by atoms with Crippen LogP contribution in [0.25, 0.3) is 11.1 Å². The number of carboxylic acid groups (broad SMARTS) is 1. The molecule has 156 valence electrons. The number of phenols is 1. The van der Waals surface area contributed by atoms with E-state index in [1.54, 1.807) is 18.2 Å². The largest absolute Gasteiger partial charge is 0.507 e. The van der Waals surface area contributed by atoms with E-state index in [0.717, 1.165) is 0 Å². The van der Waals surface area contributed by atoms with E-state index in [1.165, 1.54) is 18.2 Å². The normalized spacial score (nSPS) is 10.9. The van der Waals surface area contributed by atoms with Gasteiger partial charge in [0, 0.05) is 30.7 Å². The highest BCUT2D eigenvalue weighted by Crippen LogP contribution is 2.45. The molecule has 4 nitrogen and oxygen atoms in total. The van der Waals surface area contributed by atoms with Crippen LogP contribution in [0.1, 0.15) is 5.56 Å². The lowest BCUT2D eigenvalue weighted by Crippen LogP contribution is -2.00.